The molecular formula is C12H20ClN3. The van der Waals surface area contributed by atoms with Gasteiger partial charge in [0.25, 0.3) is 0 Å². The number of halogens is 1. The van der Waals surface area contributed by atoms with Crippen LogP contribution in [0.5, 0.6) is 0 Å². The summed E-state index contributed by atoms with van der Waals surface area (Å²) in [5, 5.41) is 4.28. The van der Waals surface area contributed by atoms with E-state index in [4.69, 9.17) is 11.6 Å². The van der Waals surface area contributed by atoms with Gasteiger partial charge in [-0.2, -0.15) is 5.10 Å². The smallest absolute Gasteiger partial charge is 0.138 e. The van der Waals surface area contributed by atoms with Crippen LogP contribution in [0.4, 0.5) is 0 Å². The summed E-state index contributed by atoms with van der Waals surface area (Å²) in [5.74, 6) is 1.87. The van der Waals surface area contributed by atoms with Gasteiger partial charge in [0.1, 0.15) is 12.2 Å². The van der Waals surface area contributed by atoms with Crippen molar-refractivity contribution >= 4 is 11.6 Å². The third kappa shape index (κ3) is 2.40. The maximum absolute atomic E-state index is 6.15. The predicted molar refractivity (Wildman–Crippen MR) is 65.6 cm³/mol. The van der Waals surface area contributed by atoms with Crippen molar-refractivity contribution in [3.63, 3.8) is 0 Å². The minimum atomic E-state index is 0.292. The molecule has 1 aliphatic rings. The fraction of sp³-hybridized carbons (Fsp3) is 0.833. The lowest BCUT2D eigenvalue weighted by atomic mass is 9.84. The Labute approximate surface area is 102 Å². The summed E-state index contributed by atoms with van der Waals surface area (Å²) in [5.41, 5.74) is 0.292. The van der Waals surface area contributed by atoms with Gasteiger partial charge in [0, 0.05) is 18.8 Å². The molecule has 0 unspecified atom stereocenters. The number of alkyl halides is 1. The van der Waals surface area contributed by atoms with Crippen LogP contribution in [0.25, 0.3) is 0 Å². The second kappa shape index (κ2) is 5.17. The zero-order chi connectivity index (χ0) is 11.4. The Balaban J connectivity index is 2.09. The summed E-state index contributed by atoms with van der Waals surface area (Å²) in [7, 11) is 0. The first-order chi connectivity index (χ1) is 7.79. The molecule has 0 amide bonds. The Morgan fingerprint density at radius 3 is 2.81 bits per heavy atom. The van der Waals surface area contributed by atoms with Crippen molar-refractivity contribution in [1.82, 2.24) is 14.8 Å². The van der Waals surface area contributed by atoms with Crippen LogP contribution >= 0.6 is 11.6 Å². The Kier molecular flexibility index (Phi) is 3.85. The van der Waals surface area contributed by atoms with E-state index in [0.717, 1.165) is 31.1 Å². The van der Waals surface area contributed by atoms with E-state index in [1.54, 1.807) is 6.33 Å². The second-order valence-corrected chi connectivity index (χ2v) is 5.18. The molecular weight excluding hydrogens is 222 g/mol. The third-order valence-electron chi connectivity index (χ3n) is 3.61. The van der Waals surface area contributed by atoms with E-state index in [0.29, 0.717) is 5.41 Å². The molecule has 0 spiro atoms. The third-order valence-corrected chi connectivity index (χ3v) is 4.18. The molecule has 3 nitrogen and oxygen atoms in total. The number of hydrogen-bond donors (Lipinski definition) is 0. The highest BCUT2D eigenvalue weighted by Crippen LogP contribution is 2.41. The Morgan fingerprint density at radius 2 is 2.19 bits per heavy atom. The highest BCUT2D eigenvalue weighted by atomic mass is 35.5. The van der Waals surface area contributed by atoms with Crippen LogP contribution in [0.2, 0.25) is 0 Å². The predicted octanol–water partition coefficient (Wildman–Crippen LogP) is 3.03. The fourth-order valence-electron chi connectivity index (χ4n) is 2.64. The molecule has 4 heteroatoms. The Hall–Kier alpha value is -0.570. The Morgan fingerprint density at radius 1 is 1.44 bits per heavy atom. The molecule has 1 saturated carbocycles. The molecule has 0 atom stereocenters. The summed E-state index contributed by atoms with van der Waals surface area (Å²) in [6, 6.07) is 0. The van der Waals surface area contributed by atoms with Gasteiger partial charge in [-0.3, -0.25) is 4.68 Å². The van der Waals surface area contributed by atoms with Crippen LogP contribution in [0, 0.1) is 5.41 Å². The first-order valence-electron chi connectivity index (χ1n) is 6.22. The van der Waals surface area contributed by atoms with Crippen molar-refractivity contribution in [1.29, 1.82) is 0 Å². The average Bonchev–Trinajstić information content (AvgIpc) is 2.91. The minimum absolute atomic E-state index is 0.292. The van der Waals surface area contributed by atoms with E-state index in [9.17, 15) is 0 Å². The van der Waals surface area contributed by atoms with Gasteiger partial charge >= 0.3 is 0 Å². The molecule has 0 aliphatic heterocycles. The molecule has 1 fully saturated rings. The van der Waals surface area contributed by atoms with Gasteiger partial charge in [0.2, 0.25) is 0 Å². The zero-order valence-electron chi connectivity index (χ0n) is 9.95. The Bertz CT molecular complexity index is 329. The van der Waals surface area contributed by atoms with Crippen molar-refractivity contribution < 1.29 is 0 Å². The van der Waals surface area contributed by atoms with Crippen LogP contribution in [0.1, 0.15) is 44.9 Å². The van der Waals surface area contributed by atoms with Crippen molar-refractivity contribution in [3.05, 3.63) is 12.2 Å². The summed E-state index contributed by atoms with van der Waals surface area (Å²) in [6.07, 6.45) is 8.89. The number of hydrogen-bond acceptors (Lipinski definition) is 2. The molecule has 2 rings (SSSR count). The van der Waals surface area contributed by atoms with Gasteiger partial charge in [-0.15, -0.1) is 11.6 Å². The lowest BCUT2D eigenvalue weighted by Gasteiger charge is -2.25. The van der Waals surface area contributed by atoms with Crippen LogP contribution in [0.3, 0.4) is 0 Å². The van der Waals surface area contributed by atoms with Crippen molar-refractivity contribution in [2.24, 2.45) is 5.41 Å². The first kappa shape index (κ1) is 11.9. The minimum Gasteiger partial charge on any atom is -0.250 e. The molecule has 1 heterocycles. The van der Waals surface area contributed by atoms with E-state index in [-0.39, 0.29) is 0 Å². The SMILES string of the molecule is CCCn1ncnc1CC1(CCl)CCCC1. The zero-order valence-corrected chi connectivity index (χ0v) is 10.7. The molecule has 1 aromatic rings. The van der Waals surface area contributed by atoms with Gasteiger partial charge in [-0.05, 0) is 24.7 Å². The van der Waals surface area contributed by atoms with Gasteiger partial charge < -0.3 is 0 Å². The maximum atomic E-state index is 6.15. The molecule has 0 saturated heterocycles. The lowest BCUT2D eigenvalue weighted by molar-refractivity contribution is 0.324. The normalized spacial score (nSPS) is 19.1. The average molecular weight is 242 g/mol. The summed E-state index contributed by atoms with van der Waals surface area (Å²) < 4.78 is 2.03. The second-order valence-electron chi connectivity index (χ2n) is 4.92. The fourth-order valence-corrected chi connectivity index (χ4v) is 3.00. The molecule has 0 N–H and O–H groups in total. The van der Waals surface area contributed by atoms with Gasteiger partial charge in [-0.25, -0.2) is 4.98 Å². The van der Waals surface area contributed by atoms with Crippen molar-refractivity contribution in [3.8, 4) is 0 Å². The molecule has 16 heavy (non-hydrogen) atoms. The van der Waals surface area contributed by atoms with E-state index < -0.39 is 0 Å². The summed E-state index contributed by atoms with van der Waals surface area (Å²) in [6.45, 7) is 3.13. The quantitative estimate of drug-likeness (QED) is 0.742. The number of nitrogens with zero attached hydrogens (tertiary/aromatic N) is 3. The van der Waals surface area contributed by atoms with Gasteiger partial charge in [0.15, 0.2) is 0 Å². The van der Waals surface area contributed by atoms with Crippen molar-refractivity contribution in [2.45, 2.75) is 52.0 Å². The maximum Gasteiger partial charge on any atom is 0.138 e. The van der Waals surface area contributed by atoms with E-state index in [2.05, 4.69) is 17.0 Å². The number of aromatic nitrogens is 3. The van der Waals surface area contributed by atoms with Crippen LogP contribution < -0.4 is 0 Å². The van der Waals surface area contributed by atoms with Crippen LogP contribution in [0.15, 0.2) is 6.33 Å². The van der Waals surface area contributed by atoms with Crippen molar-refractivity contribution in [2.75, 3.05) is 5.88 Å². The molecule has 1 aromatic heterocycles. The van der Waals surface area contributed by atoms with Crippen LogP contribution in [-0.2, 0) is 13.0 Å². The number of rotatable bonds is 5. The summed E-state index contributed by atoms with van der Waals surface area (Å²) in [4.78, 5) is 4.38. The van der Waals surface area contributed by atoms with Crippen LogP contribution in [-0.4, -0.2) is 20.6 Å². The monoisotopic (exact) mass is 241 g/mol. The highest BCUT2D eigenvalue weighted by Gasteiger charge is 2.34. The molecule has 0 aromatic carbocycles. The molecule has 90 valence electrons. The van der Waals surface area contributed by atoms with E-state index in [1.165, 1.54) is 25.7 Å². The molecule has 1 aliphatic carbocycles. The lowest BCUT2D eigenvalue weighted by Crippen LogP contribution is -2.24. The van der Waals surface area contributed by atoms with E-state index >= 15 is 0 Å². The first-order valence-corrected chi connectivity index (χ1v) is 6.76. The van der Waals surface area contributed by atoms with Gasteiger partial charge in [-0.1, -0.05) is 19.8 Å². The summed E-state index contributed by atoms with van der Waals surface area (Å²) >= 11 is 6.15. The number of aryl methyl sites for hydroxylation is 1. The van der Waals surface area contributed by atoms with E-state index in [1.807, 2.05) is 4.68 Å². The highest BCUT2D eigenvalue weighted by molar-refractivity contribution is 6.18. The standard InChI is InChI=1S/C12H20ClN3/c1-2-7-16-11(14-10-15-16)8-12(9-13)5-3-4-6-12/h10H,2-9H2,1H3. The molecule has 0 radical (unpaired) electrons. The van der Waals surface area contributed by atoms with Gasteiger partial charge in [0.05, 0.1) is 0 Å². The molecule has 0 bridgehead atoms. The topological polar surface area (TPSA) is 30.7 Å². The largest absolute Gasteiger partial charge is 0.250 e.